The van der Waals surface area contributed by atoms with Crippen LogP contribution in [0.4, 0.5) is 21.3 Å². The highest BCUT2D eigenvalue weighted by Crippen LogP contribution is 2.34. The van der Waals surface area contributed by atoms with Crippen molar-refractivity contribution in [3.8, 4) is 5.75 Å². The number of benzene rings is 1. The number of anilines is 3. The Hall–Kier alpha value is -3.14. The number of amides is 3. The van der Waals surface area contributed by atoms with Gasteiger partial charge in [0.25, 0.3) is 5.91 Å². The van der Waals surface area contributed by atoms with Crippen LogP contribution in [0.15, 0.2) is 29.8 Å². The van der Waals surface area contributed by atoms with E-state index in [1.165, 1.54) is 16.2 Å². The van der Waals surface area contributed by atoms with Crippen LogP contribution in [0.1, 0.15) is 20.8 Å². The van der Waals surface area contributed by atoms with E-state index in [0.29, 0.717) is 22.3 Å². The summed E-state index contributed by atoms with van der Waals surface area (Å²) in [7, 11) is 0. The highest BCUT2D eigenvalue weighted by Gasteiger charge is 2.28. The Morgan fingerprint density at radius 2 is 2.11 bits per heavy atom. The van der Waals surface area contributed by atoms with E-state index in [-0.39, 0.29) is 25.0 Å². The molecule has 148 valence electrons. The Morgan fingerprint density at radius 1 is 1.32 bits per heavy atom. The van der Waals surface area contributed by atoms with Gasteiger partial charge in [0.1, 0.15) is 17.9 Å². The van der Waals surface area contributed by atoms with Crippen LogP contribution in [-0.4, -0.2) is 41.6 Å². The predicted octanol–water partition coefficient (Wildman–Crippen LogP) is 2.85. The normalized spacial score (nSPS) is 13.4. The van der Waals surface area contributed by atoms with Crippen LogP contribution in [0.3, 0.4) is 0 Å². The number of aromatic nitrogens is 1. The summed E-state index contributed by atoms with van der Waals surface area (Å²) in [6, 6.07) is 4.82. The Kier molecular flexibility index (Phi) is 5.50. The molecule has 1 aromatic heterocycles. The monoisotopic (exact) mass is 404 g/mol. The van der Waals surface area contributed by atoms with Crippen molar-refractivity contribution in [2.24, 2.45) is 0 Å². The fraction of sp³-hybridized carbons (Fsp3) is 0.333. The topological polar surface area (TPSA) is 110 Å². The van der Waals surface area contributed by atoms with E-state index in [9.17, 15) is 14.4 Å². The molecular formula is C18H20N4O5S. The van der Waals surface area contributed by atoms with Crippen LogP contribution in [-0.2, 0) is 14.3 Å². The Labute approximate surface area is 165 Å². The largest absolute Gasteiger partial charge is 0.482 e. The zero-order valence-corrected chi connectivity index (χ0v) is 16.5. The Bertz CT molecular complexity index is 892. The summed E-state index contributed by atoms with van der Waals surface area (Å²) in [6.07, 6.45) is 0.952. The van der Waals surface area contributed by atoms with Crippen molar-refractivity contribution < 1.29 is 23.9 Å². The maximum atomic E-state index is 12.3. The van der Waals surface area contributed by atoms with E-state index in [2.05, 4.69) is 15.6 Å². The third kappa shape index (κ3) is 4.97. The highest BCUT2D eigenvalue weighted by atomic mass is 32.1. The third-order valence-electron chi connectivity index (χ3n) is 3.53. The number of hydrogen-bond donors (Lipinski definition) is 2. The molecule has 3 amide bonds. The smallest absolute Gasteiger partial charge is 0.412 e. The van der Waals surface area contributed by atoms with E-state index in [0.717, 1.165) is 0 Å². The van der Waals surface area contributed by atoms with Crippen LogP contribution in [0.25, 0.3) is 0 Å². The van der Waals surface area contributed by atoms with Crippen LogP contribution in [0.2, 0.25) is 0 Å². The van der Waals surface area contributed by atoms with E-state index in [4.69, 9.17) is 9.47 Å². The molecule has 0 spiro atoms. The van der Waals surface area contributed by atoms with Crippen molar-refractivity contribution in [3.63, 3.8) is 0 Å². The van der Waals surface area contributed by atoms with Gasteiger partial charge < -0.3 is 14.8 Å². The average molecular weight is 404 g/mol. The quantitative estimate of drug-likeness (QED) is 0.811. The second-order valence-electron chi connectivity index (χ2n) is 6.96. The Balaban J connectivity index is 1.76. The number of nitrogens with zero attached hydrogens (tertiary/aromatic N) is 2. The SMILES string of the molecule is CC(C)(C)OC(=O)Nc1ccc2c(c1)N(CC(=O)Nc1nccs1)C(=O)CO2. The maximum absolute atomic E-state index is 12.3. The van der Waals surface area contributed by atoms with Gasteiger partial charge in [0.2, 0.25) is 5.91 Å². The van der Waals surface area contributed by atoms with Gasteiger partial charge in [-0.15, -0.1) is 11.3 Å². The van der Waals surface area contributed by atoms with E-state index in [1.807, 2.05) is 0 Å². The zero-order valence-electron chi connectivity index (χ0n) is 15.6. The van der Waals surface area contributed by atoms with Crippen molar-refractivity contribution in [2.75, 3.05) is 28.7 Å². The van der Waals surface area contributed by atoms with Crippen molar-refractivity contribution in [3.05, 3.63) is 29.8 Å². The summed E-state index contributed by atoms with van der Waals surface area (Å²) >= 11 is 1.28. The molecule has 0 bridgehead atoms. The van der Waals surface area contributed by atoms with E-state index in [1.54, 1.807) is 50.5 Å². The molecule has 1 aliphatic heterocycles. The fourth-order valence-corrected chi connectivity index (χ4v) is 3.01. The lowest BCUT2D eigenvalue weighted by atomic mass is 10.2. The molecular weight excluding hydrogens is 384 g/mol. The number of nitrogens with one attached hydrogen (secondary N) is 2. The van der Waals surface area contributed by atoms with Gasteiger partial charge in [0.15, 0.2) is 11.7 Å². The molecule has 2 heterocycles. The summed E-state index contributed by atoms with van der Waals surface area (Å²) in [5.74, 6) is -0.311. The summed E-state index contributed by atoms with van der Waals surface area (Å²) in [4.78, 5) is 41.9. The molecule has 0 saturated heterocycles. The first kappa shape index (κ1) is 19.6. The summed E-state index contributed by atoms with van der Waals surface area (Å²) in [5.41, 5.74) is 0.160. The molecule has 1 aliphatic rings. The van der Waals surface area contributed by atoms with Crippen LogP contribution in [0.5, 0.6) is 5.75 Å². The molecule has 0 aliphatic carbocycles. The molecule has 0 unspecified atom stereocenters. The molecule has 1 aromatic carbocycles. The zero-order chi connectivity index (χ0) is 20.3. The van der Waals surface area contributed by atoms with Gasteiger partial charge in [-0.05, 0) is 39.0 Å². The second-order valence-corrected chi connectivity index (χ2v) is 7.86. The number of rotatable bonds is 4. The molecule has 2 N–H and O–H groups in total. The molecule has 3 rings (SSSR count). The maximum Gasteiger partial charge on any atom is 0.412 e. The highest BCUT2D eigenvalue weighted by molar-refractivity contribution is 7.13. The van der Waals surface area contributed by atoms with Gasteiger partial charge in [-0.25, -0.2) is 9.78 Å². The average Bonchev–Trinajstić information content (AvgIpc) is 3.08. The predicted molar refractivity (Wildman–Crippen MR) is 105 cm³/mol. The standard InChI is InChI=1S/C18H20N4O5S/c1-18(2,3)27-17(25)20-11-4-5-13-12(8-11)22(15(24)10-26-13)9-14(23)21-16-19-6-7-28-16/h4-8H,9-10H2,1-3H3,(H,20,25)(H,19,21,23). The van der Waals surface area contributed by atoms with Crippen LogP contribution in [0, 0.1) is 0 Å². The first-order chi connectivity index (χ1) is 13.2. The molecule has 9 nitrogen and oxygen atoms in total. The molecule has 28 heavy (non-hydrogen) atoms. The number of thiazole rings is 1. The third-order valence-corrected chi connectivity index (χ3v) is 4.22. The number of ether oxygens (including phenoxy) is 2. The van der Waals surface area contributed by atoms with Crippen LogP contribution >= 0.6 is 11.3 Å². The number of hydrogen-bond acceptors (Lipinski definition) is 7. The lowest BCUT2D eigenvalue weighted by molar-refractivity contribution is -0.123. The molecule has 0 atom stereocenters. The minimum Gasteiger partial charge on any atom is -0.482 e. The second kappa shape index (κ2) is 7.85. The molecule has 0 saturated carbocycles. The van der Waals surface area contributed by atoms with Crippen molar-refractivity contribution in [1.29, 1.82) is 0 Å². The van der Waals surface area contributed by atoms with Gasteiger partial charge in [-0.1, -0.05) is 0 Å². The molecule has 2 aromatic rings. The minimum atomic E-state index is -0.642. The first-order valence-corrected chi connectivity index (χ1v) is 9.36. The van der Waals surface area contributed by atoms with Gasteiger partial charge in [-0.2, -0.15) is 0 Å². The van der Waals surface area contributed by atoms with Crippen molar-refractivity contribution in [2.45, 2.75) is 26.4 Å². The van der Waals surface area contributed by atoms with Crippen LogP contribution < -0.4 is 20.3 Å². The number of carbonyl (C=O) groups excluding carboxylic acids is 3. The summed E-state index contributed by atoms with van der Waals surface area (Å²) in [5, 5.41) is 7.43. The number of carbonyl (C=O) groups is 3. The minimum absolute atomic E-state index is 0.170. The number of fused-ring (bicyclic) bond motifs is 1. The molecule has 0 fully saturated rings. The van der Waals surface area contributed by atoms with Gasteiger partial charge >= 0.3 is 6.09 Å². The van der Waals surface area contributed by atoms with Crippen molar-refractivity contribution in [1.82, 2.24) is 4.98 Å². The van der Waals surface area contributed by atoms with Crippen molar-refractivity contribution >= 4 is 45.8 Å². The van der Waals surface area contributed by atoms with Gasteiger partial charge in [-0.3, -0.25) is 19.8 Å². The molecule has 0 radical (unpaired) electrons. The first-order valence-electron chi connectivity index (χ1n) is 8.48. The van der Waals surface area contributed by atoms with Gasteiger partial charge in [0, 0.05) is 17.3 Å². The summed E-state index contributed by atoms with van der Waals surface area (Å²) < 4.78 is 10.6. The van der Waals surface area contributed by atoms with E-state index < -0.39 is 11.7 Å². The Morgan fingerprint density at radius 3 is 2.79 bits per heavy atom. The fourth-order valence-electron chi connectivity index (χ4n) is 2.46. The lowest BCUT2D eigenvalue weighted by Crippen LogP contribution is -2.43. The van der Waals surface area contributed by atoms with E-state index >= 15 is 0 Å². The van der Waals surface area contributed by atoms with Gasteiger partial charge in [0.05, 0.1) is 5.69 Å². The molecule has 10 heteroatoms. The lowest BCUT2D eigenvalue weighted by Gasteiger charge is -2.29. The summed E-state index contributed by atoms with van der Waals surface area (Å²) in [6.45, 7) is 4.90.